The number of amides is 1. The number of aryl methyl sites for hydroxylation is 1. The van der Waals surface area contributed by atoms with Gasteiger partial charge in [0.2, 0.25) is 0 Å². The minimum Gasteiger partial charge on any atom is -0.469 e. The number of hydrogen-bond acceptors (Lipinski definition) is 3. The van der Waals surface area contributed by atoms with Crippen molar-refractivity contribution < 1.29 is 9.21 Å². The second-order valence-corrected chi connectivity index (χ2v) is 5.35. The van der Waals surface area contributed by atoms with Crippen LogP contribution in [-0.4, -0.2) is 10.9 Å². The van der Waals surface area contributed by atoms with Crippen molar-refractivity contribution in [1.29, 1.82) is 0 Å². The van der Waals surface area contributed by atoms with Crippen LogP contribution in [0.4, 0.5) is 5.69 Å². The van der Waals surface area contributed by atoms with E-state index >= 15 is 0 Å². The summed E-state index contributed by atoms with van der Waals surface area (Å²) in [5.74, 6) is 0.495. The van der Waals surface area contributed by atoms with Crippen LogP contribution in [0, 0.1) is 6.92 Å². The van der Waals surface area contributed by atoms with Gasteiger partial charge < -0.3 is 9.73 Å². The number of nitrogens with zero attached hydrogens (tertiary/aromatic N) is 1. The summed E-state index contributed by atoms with van der Waals surface area (Å²) in [6.07, 6.45) is 3.15. The lowest BCUT2D eigenvalue weighted by molar-refractivity contribution is 0.102. The molecule has 100 valence electrons. The zero-order valence-corrected chi connectivity index (χ0v) is 12.3. The number of carbonyl (C=O) groups excluding carboxylic acids is 1. The fraction of sp³-hybridized carbons (Fsp3) is 0.0667. The lowest BCUT2D eigenvalue weighted by Crippen LogP contribution is -2.11. The predicted molar refractivity (Wildman–Crippen MR) is 80.8 cm³/mol. The van der Waals surface area contributed by atoms with Gasteiger partial charge in [-0.3, -0.25) is 9.78 Å². The van der Waals surface area contributed by atoms with Gasteiger partial charge in [-0.15, -0.1) is 0 Å². The predicted octanol–water partition coefficient (Wildman–Crippen LogP) is 4.15. The average molecular weight is 331 g/mol. The summed E-state index contributed by atoms with van der Waals surface area (Å²) in [6.45, 7) is 1.80. The highest BCUT2D eigenvalue weighted by atomic mass is 79.9. The van der Waals surface area contributed by atoms with Crippen molar-refractivity contribution in [3.8, 4) is 0 Å². The van der Waals surface area contributed by atoms with E-state index in [0.717, 1.165) is 15.4 Å². The lowest BCUT2D eigenvalue weighted by atomic mass is 10.2. The quantitative estimate of drug-likeness (QED) is 0.767. The SMILES string of the molecule is Cc1cc(C(=O)Nc2cccc3cc(Br)cnc23)co1. The van der Waals surface area contributed by atoms with Gasteiger partial charge in [0.15, 0.2) is 0 Å². The molecule has 3 rings (SSSR count). The molecule has 5 heteroatoms. The Balaban J connectivity index is 1.97. The van der Waals surface area contributed by atoms with E-state index < -0.39 is 0 Å². The molecule has 0 aliphatic rings. The number of nitrogens with one attached hydrogen (secondary N) is 1. The summed E-state index contributed by atoms with van der Waals surface area (Å²) in [5, 5.41) is 3.82. The van der Waals surface area contributed by atoms with Crippen molar-refractivity contribution in [2.45, 2.75) is 6.92 Å². The fourth-order valence-electron chi connectivity index (χ4n) is 1.99. The molecule has 0 aliphatic carbocycles. The van der Waals surface area contributed by atoms with Crippen molar-refractivity contribution in [3.63, 3.8) is 0 Å². The second kappa shape index (κ2) is 5.09. The maximum Gasteiger partial charge on any atom is 0.258 e. The molecule has 1 N–H and O–H groups in total. The Labute approximate surface area is 123 Å². The third-order valence-electron chi connectivity index (χ3n) is 2.92. The highest BCUT2D eigenvalue weighted by Gasteiger charge is 2.11. The Morgan fingerprint density at radius 1 is 1.35 bits per heavy atom. The molecule has 20 heavy (non-hydrogen) atoms. The Morgan fingerprint density at radius 2 is 2.20 bits per heavy atom. The van der Waals surface area contributed by atoms with E-state index in [0.29, 0.717) is 17.0 Å². The maximum absolute atomic E-state index is 12.1. The summed E-state index contributed by atoms with van der Waals surface area (Å²) in [4.78, 5) is 16.5. The Hall–Kier alpha value is -2.14. The van der Waals surface area contributed by atoms with Crippen molar-refractivity contribution in [2.75, 3.05) is 5.32 Å². The van der Waals surface area contributed by atoms with Crippen LogP contribution in [0.5, 0.6) is 0 Å². The summed E-state index contributed by atoms with van der Waals surface area (Å²) in [5.41, 5.74) is 1.93. The highest BCUT2D eigenvalue weighted by molar-refractivity contribution is 9.10. The molecule has 0 spiro atoms. The first-order valence-electron chi connectivity index (χ1n) is 6.04. The van der Waals surface area contributed by atoms with Crippen LogP contribution in [0.1, 0.15) is 16.1 Å². The Morgan fingerprint density at radius 3 is 2.95 bits per heavy atom. The lowest BCUT2D eigenvalue weighted by Gasteiger charge is -2.07. The zero-order chi connectivity index (χ0) is 14.1. The van der Waals surface area contributed by atoms with E-state index in [1.54, 1.807) is 19.2 Å². The minimum absolute atomic E-state index is 0.209. The van der Waals surface area contributed by atoms with E-state index in [1.807, 2.05) is 24.3 Å². The smallest absolute Gasteiger partial charge is 0.258 e. The van der Waals surface area contributed by atoms with Gasteiger partial charge in [0.05, 0.1) is 16.8 Å². The number of hydrogen-bond donors (Lipinski definition) is 1. The Kier molecular flexibility index (Phi) is 3.28. The summed E-state index contributed by atoms with van der Waals surface area (Å²) in [6, 6.07) is 9.32. The monoisotopic (exact) mass is 330 g/mol. The van der Waals surface area contributed by atoms with Crippen LogP contribution < -0.4 is 5.32 Å². The van der Waals surface area contributed by atoms with Gasteiger partial charge in [-0.2, -0.15) is 0 Å². The third kappa shape index (κ3) is 2.44. The molecule has 0 aliphatic heterocycles. The normalized spacial score (nSPS) is 10.7. The average Bonchev–Trinajstić information content (AvgIpc) is 2.85. The molecule has 0 saturated carbocycles. The number of anilines is 1. The first kappa shape index (κ1) is 12.9. The first-order chi connectivity index (χ1) is 9.63. The van der Waals surface area contributed by atoms with E-state index in [4.69, 9.17) is 4.42 Å². The number of aromatic nitrogens is 1. The maximum atomic E-state index is 12.1. The molecule has 0 bridgehead atoms. The zero-order valence-electron chi connectivity index (χ0n) is 10.7. The number of fused-ring (bicyclic) bond motifs is 1. The van der Waals surface area contributed by atoms with Crippen LogP contribution in [0.25, 0.3) is 10.9 Å². The highest BCUT2D eigenvalue weighted by Crippen LogP contribution is 2.24. The largest absolute Gasteiger partial charge is 0.469 e. The van der Waals surface area contributed by atoms with Crippen molar-refractivity contribution in [1.82, 2.24) is 4.98 Å². The molecule has 2 heterocycles. The minimum atomic E-state index is -0.209. The Bertz CT molecular complexity index is 795. The molecular weight excluding hydrogens is 320 g/mol. The molecule has 4 nitrogen and oxygen atoms in total. The third-order valence-corrected chi connectivity index (χ3v) is 3.35. The number of rotatable bonds is 2. The van der Waals surface area contributed by atoms with E-state index in [1.165, 1.54) is 6.26 Å². The first-order valence-corrected chi connectivity index (χ1v) is 6.83. The summed E-state index contributed by atoms with van der Waals surface area (Å²) < 4.78 is 6.05. The molecule has 0 fully saturated rings. The number of para-hydroxylation sites is 1. The number of pyridine rings is 1. The second-order valence-electron chi connectivity index (χ2n) is 4.43. The van der Waals surface area contributed by atoms with E-state index in [9.17, 15) is 4.79 Å². The fourth-order valence-corrected chi connectivity index (χ4v) is 2.34. The van der Waals surface area contributed by atoms with E-state index in [2.05, 4.69) is 26.2 Å². The van der Waals surface area contributed by atoms with Crippen LogP contribution in [0.2, 0.25) is 0 Å². The van der Waals surface area contributed by atoms with Crippen LogP contribution in [0.3, 0.4) is 0 Å². The topological polar surface area (TPSA) is 55.1 Å². The standard InChI is InChI=1S/C15H11BrN2O2/c1-9-5-11(8-20-9)15(19)18-13-4-2-3-10-6-12(16)7-17-14(10)13/h2-8H,1H3,(H,18,19). The van der Waals surface area contributed by atoms with Crippen LogP contribution >= 0.6 is 15.9 Å². The molecule has 0 atom stereocenters. The molecule has 0 unspecified atom stereocenters. The summed E-state index contributed by atoms with van der Waals surface area (Å²) in [7, 11) is 0. The van der Waals surface area contributed by atoms with Crippen molar-refractivity contribution >= 4 is 38.4 Å². The van der Waals surface area contributed by atoms with Gasteiger partial charge in [0.25, 0.3) is 5.91 Å². The number of carbonyl (C=O) groups is 1. The van der Waals surface area contributed by atoms with Crippen LogP contribution in [0.15, 0.2) is 51.7 Å². The molecule has 0 radical (unpaired) electrons. The summed E-state index contributed by atoms with van der Waals surface area (Å²) >= 11 is 3.39. The molecule has 3 aromatic rings. The molecular formula is C15H11BrN2O2. The van der Waals surface area contributed by atoms with Gasteiger partial charge in [-0.05, 0) is 41.1 Å². The van der Waals surface area contributed by atoms with E-state index in [-0.39, 0.29) is 5.91 Å². The number of furan rings is 1. The number of benzene rings is 1. The van der Waals surface area contributed by atoms with Gasteiger partial charge >= 0.3 is 0 Å². The van der Waals surface area contributed by atoms with Crippen molar-refractivity contribution in [2.24, 2.45) is 0 Å². The van der Waals surface area contributed by atoms with Crippen LogP contribution in [-0.2, 0) is 0 Å². The molecule has 1 aromatic carbocycles. The van der Waals surface area contributed by atoms with Gasteiger partial charge in [0.1, 0.15) is 12.0 Å². The van der Waals surface area contributed by atoms with Gasteiger partial charge in [0, 0.05) is 16.1 Å². The van der Waals surface area contributed by atoms with Crippen molar-refractivity contribution in [3.05, 3.63) is 58.6 Å². The van der Waals surface area contributed by atoms with Gasteiger partial charge in [-0.25, -0.2) is 0 Å². The molecule has 2 aromatic heterocycles. The molecule has 1 amide bonds. The molecule has 0 saturated heterocycles. The number of halogens is 1. The van der Waals surface area contributed by atoms with Gasteiger partial charge in [-0.1, -0.05) is 12.1 Å².